The summed E-state index contributed by atoms with van der Waals surface area (Å²) in [6.07, 6.45) is 1.04. The van der Waals surface area contributed by atoms with E-state index in [4.69, 9.17) is 16.1 Å². The number of anilines is 1. The van der Waals surface area contributed by atoms with Gasteiger partial charge in [-0.3, -0.25) is 9.10 Å². The van der Waals surface area contributed by atoms with Crippen LogP contribution in [0.15, 0.2) is 46.3 Å². The summed E-state index contributed by atoms with van der Waals surface area (Å²) in [5, 5.41) is 8.85. The Labute approximate surface area is 171 Å². The Morgan fingerprint density at radius 3 is 2.64 bits per heavy atom. The molecule has 0 saturated heterocycles. The molecule has 0 radical (unpaired) electrons. The highest BCUT2D eigenvalue weighted by molar-refractivity contribution is 7.92. The number of hydrogen-bond acceptors (Lipinski definition) is 7. The minimum absolute atomic E-state index is 0.0141. The molecule has 1 unspecified atom stereocenters. The minimum atomic E-state index is -3.70. The molecule has 2 aromatic heterocycles. The summed E-state index contributed by atoms with van der Waals surface area (Å²) in [5.41, 5.74) is 0.340. The second-order valence-electron chi connectivity index (χ2n) is 5.92. The summed E-state index contributed by atoms with van der Waals surface area (Å²) >= 11 is 7.33. The average molecular weight is 441 g/mol. The molecule has 0 saturated carbocycles. The molecular weight excluding hydrogens is 424 g/mol. The van der Waals surface area contributed by atoms with Gasteiger partial charge < -0.3 is 9.84 Å². The Bertz CT molecular complexity index is 1050. The van der Waals surface area contributed by atoms with Crippen molar-refractivity contribution >= 4 is 44.6 Å². The third-order valence-electron chi connectivity index (χ3n) is 3.79. The average Bonchev–Trinajstić information content (AvgIpc) is 3.31. The fraction of sp³-hybridized carbons (Fsp3) is 0.235. The number of amides is 1. The van der Waals surface area contributed by atoms with Crippen molar-refractivity contribution in [3.05, 3.63) is 52.7 Å². The number of nitrogens with zero attached hydrogens (tertiary/aromatic N) is 3. The zero-order valence-electron chi connectivity index (χ0n) is 15.0. The predicted molar refractivity (Wildman–Crippen MR) is 108 cm³/mol. The maximum atomic E-state index is 12.5. The number of carbonyl (C=O) groups excluding carboxylic acids is 1. The van der Waals surface area contributed by atoms with E-state index in [9.17, 15) is 13.2 Å². The second-order valence-corrected chi connectivity index (χ2v) is 9.16. The van der Waals surface area contributed by atoms with Gasteiger partial charge in [0.15, 0.2) is 0 Å². The zero-order chi connectivity index (χ0) is 20.3. The Morgan fingerprint density at radius 2 is 2.04 bits per heavy atom. The van der Waals surface area contributed by atoms with Crippen molar-refractivity contribution < 1.29 is 17.7 Å². The fourth-order valence-electron chi connectivity index (χ4n) is 2.54. The first-order valence-electron chi connectivity index (χ1n) is 8.15. The van der Waals surface area contributed by atoms with Crippen LogP contribution in [0.1, 0.15) is 12.8 Å². The molecule has 8 nitrogen and oxygen atoms in total. The first-order valence-corrected chi connectivity index (χ1v) is 11.3. The molecule has 0 aliphatic heterocycles. The molecule has 1 atom stereocenters. The van der Waals surface area contributed by atoms with Crippen molar-refractivity contribution in [1.29, 1.82) is 0 Å². The van der Waals surface area contributed by atoms with Crippen LogP contribution in [0.4, 0.5) is 5.69 Å². The third kappa shape index (κ3) is 4.70. The number of aromatic nitrogens is 2. The van der Waals surface area contributed by atoms with E-state index in [2.05, 4.69) is 15.5 Å². The van der Waals surface area contributed by atoms with E-state index < -0.39 is 22.0 Å². The molecule has 1 amide bonds. The number of benzene rings is 1. The van der Waals surface area contributed by atoms with Gasteiger partial charge in [-0.2, -0.15) is 4.98 Å². The molecule has 2 heterocycles. The summed E-state index contributed by atoms with van der Waals surface area (Å²) in [5.74, 6) is 0.156. The van der Waals surface area contributed by atoms with E-state index in [1.54, 1.807) is 24.3 Å². The zero-order valence-corrected chi connectivity index (χ0v) is 17.4. The van der Waals surface area contributed by atoms with Crippen molar-refractivity contribution in [3.63, 3.8) is 0 Å². The molecule has 0 aliphatic rings. The Hall–Kier alpha value is -2.43. The molecular formula is C17H17ClN4O4S2. The molecule has 28 heavy (non-hydrogen) atoms. The lowest BCUT2D eigenvalue weighted by Crippen LogP contribution is -2.47. The SMILES string of the molecule is CC(C(=O)NCc1nc(-c2cccs2)no1)N(c1ccc(Cl)cc1)S(C)(=O)=O. The van der Waals surface area contributed by atoms with Crippen LogP contribution in [-0.4, -0.2) is 36.8 Å². The predicted octanol–water partition coefficient (Wildman–Crippen LogP) is 2.92. The number of halogens is 1. The molecule has 11 heteroatoms. The molecule has 1 aromatic carbocycles. The lowest BCUT2D eigenvalue weighted by atomic mass is 10.2. The van der Waals surface area contributed by atoms with Crippen LogP contribution in [-0.2, 0) is 21.4 Å². The van der Waals surface area contributed by atoms with Crippen molar-refractivity contribution in [3.8, 4) is 10.7 Å². The molecule has 0 spiro atoms. The molecule has 0 bridgehead atoms. The standard InChI is InChI=1S/C17H17ClN4O4S2/c1-11(22(28(2,24)25)13-7-5-12(18)6-8-13)17(23)19-10-15-20-16(21-26-15)14-4-3-9-27-14/h3-9,11H,10H2,1-2H3,(H,19,23). The van der Waals surface area contributed by atoms with Gasteiger partial charge in [-0.15, -0.1) is 11.3 Å². The van der Waals surface area contributed by atoms with Crippen molar-refractivity contribution in [2.75, 3.05) is 10.6 Å². The number of thiophene rings is 1. The van der Waals surface area contributed by atoms with Crippen LogP contribution in [0.5, 0.6) is 0 Å². The number of carbonyl (C=O) groups is 1. The quantitative estimate of drug-likeness (QED) is 0.605. The topological polar surface area (TPSA) is 105 Å². The highest BCUT2D eigenvalue weighted by atomic mass is 35.5. The van der Waals surface area contributed by atoms with Gasteiger partial charge in [0.2, 0.25) is 27.6 Å². The van der Waals surface area contributed by atoms with Crippen LogP contribution < -0.4 is 9.62 Å². The maximum Gasteiger partial charge on any atom is 0.246 e. The normalized spacial score (nSPS) is 12.5. The number of rotatable bonds is 7. The Balaban J connectivity index is 1.70. The number of nitrogens with one attached hydrogen (secondary N) is 1. The van der Waals surface area contributed by atoms with E-state index in [0.717, 1.165) is 15.4 Å². The lowest BCUT2D eigenvalue weighted by molar-refractivity contribution is -0.122. The van der Waals surface area contributed by atoms with Crippen LogP contribution >= 0.6 is 22.9 Å². The summed E-state index contributed by atoms with van der Waals surface area (Å²) in [6.45, 7) is 1.48. The van der Waals surface area contributed by atoms with Crippen LogP contribution in [0.25, 0.3) is 10.7 Å². The minimum Gasteiger partial charge on any atom is -0.345 e. The highest BCUT2D eigenvalue weighted by Crippen LogP contribution is 2.23. The largest absolute Gasteiger partial charge is 0.345 e. The van der Waals surface area contributed by atoms with E-state index in [-0.39, 0.29) is 12.4 Å². The molecule has 1 N–H and O–H groups in total. The van der Waals surface area contributed by atoms with Gasteiger partial charge in [-0.25, -0.2) is 8.42 Å². The van der Waals surface area contributed by atoms with E-state index in [1.807, 2.05) is 17.5 Å². The number of sulfonamides is 1. The fourth-order valence-corrected chi connectivity index (χ4v) is 4.49. The van der Waals surface area contributed by atoms with E-state index >= 15 is 0 Å². The van der Waals surface area contributed by atoms with Crippen molar-refractivity contribution in [2.24, 2.45) is 0 Å². The smallest absolute Gasteiger partial charge is 0.246 e. The van der Waals surface area contributed by atoms with Gasteiger partial charge in [0.05, 0.1) is 23.4 Å². The third-order valence-corrected chi connectivity index (χ3v) is 6.15. The summed E-state index contributed by atoms with van der Waals surface area (Å²) < 4.78 is 30.6. The van der Waals surface area contributed by atoms with Gasteiger partial charge in [0, 0.05) is 5.02 Å². The lowest BCUT2D eigenvalue weighted by Gasteiger charge is -2.28. The first kappa shape index (κ1) is 20.3. The second kappa shape index (κ2) is 8.29. The molecule has 0 fully saturated rings. The van der Waals surface area contributed by atoms with Gasteiger partial charge in [-0.1, -0.05) is 22.8 Å². The number of hydrogen-bond donors (Lipinski definition) is 1. The van der Waals surface area contributed by atoms with E-state index in [0.29, 0.717) is 16.5 Å². The van der Waals surface area contributed by atoms with Crippen LogP contribution in [0, 0.1) is 0 Å². The van der Waals surface area contributed by atoms with Gasteiger partial charge in [-0.05, 0) is 42.6 Å². The van der Waals surface area contributed by atoms with Crippen LogP contribution in [0.3, 0.4) is 0 Å². The van der Waals surface area contributed by atoms with E-state index in [1.165, 1.54) is 18.3 Å². The molecule has 148 valence electrons. The molecule has 0 aliphatic carbocycles. The molecule has 3 aromatic rings. The summed E-state index contributed by atoms with van der Waals surface area (Å²) in [7, 11) is -3.70. The maximum absolute atomic E-state index is 12.5. The monoisotopic (exact) mass is 440 g/mol. The first-order chi connectivity index (χ1) is 13.3. The van der Waals surface area contributed by atoms with Gasteiger partial charge >= 0.3 is 0 Å². The van der Waals surface area contributed by atoms with Gasteiger partial charge in [0.1, 0.15) is 6.04 Å². The Kier molecular flexibility index (Phi) is 6.01. The molecule has 3 rings (SSSR count). The van der Waals surface area contributed by atoms with Crippen LogP contribution in [0.2, 0.25) is 5.02 Å². The van der Waals surface area contributed by atoms with Crippen molar-refractivity contribution in [1.82, 2.24) is 15.5 Å². The Morgan fingerprint density at radius 1 is 1.32 bits per heavy atom. The highest BCUT2D eigenvalue weighted by Gasteiger charge is 2.29. The summed E-state index contributed by atoms with van der Waals surface area (Å²) in [4.78, 5) is 17.6. The van der Waals surface area contributed by atoms with Gasteiger partial charge in [0.25, 0.3) is 0 Å². The van der Waals surface area contributed by atoms with Crippen molar-refractivity contribution in [2.45, 2.75) is 19.5 Å². The summed E-state index contributed by atoms with van der Waals surface area (Å²) in [6, 6.07) is 8.94.